The van der Waals surface area contributed by atoms with E-state index in [9.17, 15) is 10.2 Å². The van der Waals surface area contributed by atoms with Gasteiger partial charge in [0.15, 0.2) is 0 Å². The van der Waals surface area contributed by atoms with Gasteiger partial charge in [0, 0.05) is 11.1 Å². The fraction of sp³-hybridized carbons (Fsp3) is 0.0526. The van der Waals surface area contributed by atoms with E-state index in [1.54, 1.807) is 54.6 Å². The quantitative estimate of drug-likeness (QED) is 0.632. The zero-order chi connectivity index (χ0) is 16.6. The Hall–Kier alpha value is -3.14. The molecule has 4 N–H and O–H groups in total. The highest BCUT2D eigenvalue weighted by atomic mass is 16.3. The van der Waals surface area contributed by atoms with Gasteiger partial charge < -0.3 is 15.6 Å². The average molecular weight is 304 g/mol. The summed E-state index contributed by atoms with van der Waals surface area (Å²) < 4.78 is 0. The van der Waals surface area contributed by atoms with Gasteiger partial charge in [-0.3, -0.25) is 5.41 Å². The molecule has 4 heteroatoms. The molecule has 0 saturated carbocycles. The number of phenolic OH excluding ortho intramolecular Hbond substituents is 2. The lowest BCUT2D eigenvalue weighted by molar-refractivity contribution is 0.474. The number of allylic oxidation sites excluding steroid dienone is 4. The normalized spacial score (nSPS) is 14.9. The molecule has 4 nitrogen and oxygen atoms in total. The standard InChI is InChI=1S/C19H16N2O2/c1-11-17(20)10-16(12-2-6-14(22)7-3-12)19(21)18(11)13-4-8-15(23)9-5-13/h2-10,20-23H,1H3. The first kappa shape index (κ1) is 14.8. The lowest BCUT2D eigenvalue weighted by Crippen LogP contribution is -2.15. The topological polar surface area (TPSA) is 88.2 Å². The molecule has 0 fully saturated rings. The number of aromatic hydroxyl groups is 2. The summed E-state index contributed by atoms with van der Waals surface area (Å²) in [6, 6.07) is 13.2. The van der Waals surface area contributed by atoms with Crippen LogP contribution in [0.4, 0.5) is 0 Å². The smallest absolute Gasteiger partial charge is 0.115 e. The van der Waals surface area contributed by atoms with Crippen LogP contribution in [0.2, 0.25) is 0 Å². The first-order valence-electron chi connectivity index (χ1n) is 7.17. The molecule has 0 amide bonds. The summed E-state index contributed by atoms with van der Waals surface area (Å²) in [7, 11) is 0. The predicted octanol–water partition coefficient (Wildman–Crippen LogP) is 4.01. The molecule has 0 atom stereocenters. The maximum Gasteiger partial charge on any atom is 0.115 e. The first-order valence-corrected chi connectivity index (χ1v) is 7.17. The first-order chi connectivity index (χ1) is 11.0. The van der Waals surface area contributed by atoms with Crippen molar-refractivity contribution in [2.24, 2.45) is 0 Å². The van der Waals surface area contributed by atoms with Gasteiger partial charge in [-0.2, -0.15) is 0 Å². The van der Waals surface area contributed by atoms with Gasteiger partial charge in [-0.1, -0.05) is 24.3 Å². The van der Waals surface area contributed by atoms with Crippen LogP contribution in [-0.2, 0) is 0 Å². The highest BCUT2D eigenvalue weighted by Gasteiger charge is 2.23. The van der Waals surface area contributed by atoms with Crippen LogP contribution in [0.15, 0.2) is 60.2 Å². The van der Waals surface area contributed by atoms with Gasteiger partial charge in [0.05, 0.1) is 11.4 Å². The van der Waals surface area contributed by atoms with Crippen LogP contribution in [0, 0.1) is 10.8 Å². The van der Waals surface area contributed by atoms with Gasteiger partial charge in [-0.05, 0) is 54.0 Å². The van der Waals surface area contributed by atoms with Crippen LogP contribution < -0.4 is 0 Å². The maximum absolute atomic E-state index is 9.45. The summed E-state index contributed by atoms with van der Waals surface area (Å²) in [6.45, 7) is 1.82. The molecule has 2 aromatic carbocycles. The van der Waals surface area contributed by atoms with Crippen LogP contribution >= 0.6 is 0 Å². The van der Waals surface area contributed by atoms with Crippen LogP contribution in [0.1, 0.15) is 18.1 Å². The van der Waals surface area contributed by atoms with E-state index in [-0.39, 0.29) is 11.5 Å². The molecule has 0 aromatic heterocycles. The van der Waals surface area contributed by atoms with E-state index in [2.05, 4.69) is 0 Å². The van der Waals surface area contributed by atoms with Gasteiger partial charge in [-0.25, -0.2) is 0 Å². The Kier molecular flexibility index (Phi) is 3.58. The largest absolute Gasteiger partial charge is 0.508 e. The number of benzene rings is 2. The van der Waals surface area contributed by atoms with Crippen molar-refractivity contribution in [1.82, 2.24) is 0 Å². The summed E-state index contributed by atoms with van der Waals surface area (Å²) in [4.78, 5) is 0. The lowest BCUT2D eigenvalue weighted by atomic mass is 9.82. The van der Waals surface area contributed by atoms with Crippen LogP contribution in [0.3, 0.4) is 0 Å². The van der Waals surface area contributed by atoms with Crippen LogP contribution in [0.25, 0.3) is 11.1 Å². The van der Waals surface area contributed by atoms with Crippen molar-refractivity contribution < 1.29 is 10.2 Å². The molecule has 0 unspecified atom stereocenters. The average Bonchev–Trinajstić information content (AvgIpc) is 2.54. The summed E-state index contributed by atoms with van der Waals surface area (Å²) >= 11 is 0. The molecule has 1 aliphatic carbocycles. The lowest BCUT2D eigenvalue weighted by Gasteiger charge is -2.21. The molecular formula is C19H16N2O2. The van der Waals surface area contributed by atoms with Crippen LogP contribution in [-0.4, -0.2) is 21.6 Å². The van der Waals surface area contributed by atoms with E-state index >= 15 is 0 Å². The predicted molar refractivity (Wildman–Crippen MR) is 92.2 cm³/mol. The second-order valence-corrected chi connectivity index (χ2v) is 5.44. The number of nitrogens with one attached hydrogen (secondary N) is 2. The molecule has 1 aliphatic rings. The van der Waals surface area contributed by atoms with Gasteiger partial charge in [0.1, 0.15) is 11.5 Å². The van der Waals surface area contributed by atoms with Gasteiger partial charge in [-0.15, -0.1) is 0 Å². The molecule has 3 rings (SSSR count). The molecule has 0 bridgehead atoms. The Balaban J connectivity index is 2.09. The van der Waals surface area contributed by atoms with Crippen LogP contribution in [0.5, 0.6) is 11.5 Å². The second kappa shape index (κ2) is 5.57. The maximum atomic E-state index is 9.45. The molecule has 0 heterocycles. The van der Waals surface area contributed by atoms with Gasteiger partial charge in [0.2, 0.25) is 0 Å². The molecule has 0 aliphatic heterocycles. The third-order valence-electron chi connectivity index (χ3n) is 3.92. The zero-order valence-corrected chi connectivity index (χ0v) is 12.6. The molecule has 0 spiro atoms. The summed E-state index contributed by atoms with van der Waals surface area (Å²) in [6.07, 6.45) is 1.67. The van der Waals surface area contributed by atoms with E-state index in [0.29, 0.717) is 22.6 Å². The highest BCUT2D eigenvalue weighted by Crippen LogP contribution is 2.33. The molecule has 0 radical (unpaired) electrons. The van der Waals surface area contributed by atoms with Crippen molar-refractivity contribution >= 4 is 22.6 Å². The second-order valence-electron chi connectivity index (χ2n) is 5.44. The van der Waals surface area contributed by atoms with E-state index < -0.39 is 0 Å². The Morgan fingerprint density at radius 3 is 1.74 bits per heavy atom. The Labute approximate surface area is 134 Å². The molecule has 23 heavy (non-hydrogen) atoms. The van der Waals surface area contributed by atoms with Crippen molar-refractivity contribution in [2.75, 3.05) is 0 Å². The molecule has 2 aromatic rings. The fourth-order valence-electron chi connectivity index (χ4n) is 2.64. The number of hydrogen-bond acceptors (Lipinski definition) is 4. The number of hydrogen-bond donors (Lipinski definition) is 4. The van der Waals surface area contributed by atoms with E-state index in [1.807, 2.05) is 6.92 Å². The highest BCUT2D eigenvalue weighted by molar-refractivity contribution is 6.50. The SMILES string of the molecule is CC1=C(c2ccc(O)cc2)C(=N)C(c2ccc(O)cc2)=CC1=N. The minimum Gasteiger partial charge on any atom is -0.508 e. The third-order valence-corrected chi connectivity index (χ3v) is 3.92. The molecule has 114 valence electrons. The Morgan fingerprint density at radius 1 is 0.739 bits per heavy atom. The van der Waals surface area contributed by atoms with Crippen molar-refractivity contribution in [3.63, 3.8) is 0 Å². The minimum absolute atomic E-state index is 0.164. The summed E-state index contributed by atoms with van der Waals surface area (Å²) in [5, 5.41) is 35.6. The molecular weight excluding hydrogens is 288 g/mol. The summed E-state index contributed by atoms with van der Waals surface area (Å²) in [5.41, 5.74) is 4.30. The van der Waals surface area contributed by atoms with E-state index in [4.69, 9.17) is 10.8 Å². The number of rotatable bonds is 2. The van der Waals surface area contributed by atoms with Crippen molar-refractivity contribution in [3.05, 3.63) is 71.3 Å². The monoisotopic (exact) mass is 304 g/mol. The Bertz CT molecular complexity index is 857. The molecule has 0 saturated heterocycles. The zero-order valence-electron chi connectivity index (χ0n) is 12.6. The minimum atomic E-state index is 0.164. The fourth-order valence-corrected chi connectivity index (χ4v) is 2.64. The van der Waals surface area contributed by atoms with Gasteiger partial charge in [0.25, 0.3) is 0 Å². The van der Waals surface area contributed by atoms with Gasteiger partial charge >= 0.3 is 0 Å². The van der Waals surface area contributed by atoms with Crippen molar-refractivity contribution in [3.8, 4) is 11.5 Å². The van der Waals surface area contributed by atoms with Crippen molar-refractivity contribution in [2.45, 2.75) is 6.92 Å². The van der Waals surface area contributed by atoms with E-state index in [0.717, 1.165) is 16.7 Å². The number of phenols is 2. The summed E-state index contributed by atoms with van der Waals surface area (Å²) in [5.74, 6) is 0.330. The van der Waals surface area contributed by atoms with E-state index in [1.165, 1.54) is 0 Å². The third kappa shape index (κ3) is 2.66. The van der Waals surface area contributed by atoms with Crippen molar-refractivity contribution in [1.29, 1.82) is 10.8 Å². The Morgan fingerprint density at radius 2 is 1.22 bits per heavy atom.